The van der Waals surface area contributed by atoms with E-state index in [9.17, 15) is 0 Å². The molecule has 7 heteroatoms. The highest BCUT2D eigenvalue weighted by Gasteiger charge is 2.22. The lowest BCUT2D eigenvalue weighted by Crippen LogP contribution is -2.36. The van der Waals surface area contributed by atoms with Crippen LogP contribution < -0.4 is 5.32 Å². The summed E-state index contributed by atoms with van der Waals surface area (Å²) in [5.74, 6) is 0.904. The summed E-state index contributed by atoms with van der Waals surface area (Å²) in [5.41, 5.74) is 3.22. The van der Waals surface area contributed by atoms with E-state index in [1.807, 2.05) is 42.0 Å². The molecule has 0 saturated carbocycles. The summed E-state index contributed by atoms with van der Waals surface area (Å²) in [6, 6.07) is 14.4. The van der Waals surface area contributed by atoms with E-state index in [0.29, 0.717) is 11.6 Å². The maximum atomic E-state index is 6.10. The van der Waals surface area contributed by atoms with Gasteiger partial charge in [-0.2, -0.15) is 0 Å². The molecule has 3 heterocycles. The van der Waals surface area contributed by atoms with Crippen molar-refractivity contribution in [3.05, 3.63) is 71.1 Å². The maximum Gasteiger partial charge on any atom is 0.194 e. The van der Waals surface area contributed by atoms with Gasteiger partial charge in [-0.15, -0.1) is 24.0 Å². The fourth-order valence-corrected chi connectivity index (χ4v) is 3.13. The van der Waals surface area contributed by atoms with Crippen molar-refractivity contribution in [3.8, 4) is 0 Å². The van der Waals surface area contributed by atoms with Crippen molar-refractivity contribution >= 4 is 47.2 Å². The predicted molar refractivity (Wildman–Crippen MR) is 112 cm³/mol. The van der Waals surface area contributed by atoms with Crippen LogP contribution in [0, 0.1) is 0 Å². The summed E-state index contributed by atoms with van der Waals surface area (Å²) in [6.07, 6.45) is 3.77. The van der Waals surface area contributed by atoms with E-state index in [0.717, 1.165) is 23.8 Å². The van der Waals surface area contributed by atoms with Gasteiger partial charge in [-0.3, -0.25) is 4.99 Å². The predicted octanol–water partition coefficient (Wildman–Crippen LogP) is 3.74. The highest BCUT2D eigenvalue weighted by molar-refractivity contribution is 14.0. The number of hydrogen-bond donors (Lipinski definition) is 1. The topological polar surface area (TPSA) is 44.9 Å². The average molecular weight is 468 g/mol. The van der Waals surface area contributed by atoms with Crippen LogP contribution in [0.25, 0.3) is 5.65 Å². The van der Waals surface area contributed by atoms with E-state index in [1.165, 1.54) is 5.56 Å². The minimum absolute atomic E-state index is 0. The lowest BCUT2D eigenvalue weighted by Gasteiger charge is -2.21. The Kier molecular flexibility index (Phi) is 5.48. The molecule has 1 N–H and O–H groups in total. The number of nitrogens with zero attached hydrogens (tertiary/aromatic N) is 4. The Hall–Kier alpha value is -1.80. The van der Waals surface area contributed by atoms with Gasteiger partial charge in [-0.05, 0) is 17.7 Å². The Balaban J connectivity index is 0.00000182. The molecule has 1 atom stereocenters. The van der Waals surface area contributed by atoms with E-state index >= 15 is 0 Å². The van der Waals surface area contributed by atoms with Crippen LogP contribution in [0.2, 0.25) is 5.02 Å². The van der Waals surface area contributed by atoms with Crippen molar-refractivity contribution in [2.75, 3.05) is 13.6 Å². The van der Waals surface area contributed by atoms with E-state index < -0.39 is 0 Å². The van der Waals surface area contributed by atoms with Gasteiger partial charge in [-0.25, -0.2) is 4.98 Å². The number of pyridine rings is 1. The van der Waals surface area contributed by atoms with E-state index in [4.69, 9.17) is 11.6 Å². The molecule has 4 rings (SSSR count). The van der Waals surface area contributed by atoms with Crippen molar-refractivity contribution in [1.82, 2.24) is 19.6 Å². The Morgan fingerprint density at radius 3 is 2.84 bits per heavy atom. The largest absolute Gasteiger partial charge is 0.348 e. The van der Waals surface area contributed by atoms with Crippen LogP contribution in [0.3, 0.4) is 0 Å². The lowest BCUT2D eigenvalue weighted by atomic mass is 10.1. The van der Waals surface area contributed by atoms with Crippen molar-refractivity contribution in [2.45, 2.75) is 12.6 Å². The molecule has 5 nitrogen and oxygen atoms in total. The van der Waals surface area contributed by atoms with Crippen LogP contribution in [-0.2, 0) is 6.54 Å². The molecule has 0 amide bonds. The zero-order chi connectivity index (χ0) is 16.5. The maximum absolute atomic E-state index is 6.10. The molecule has 0 fully saturated rings. The Labute approximate surface area is 168 Å². The summed E-state index contributed by atoms with van der Waals surface area (Å²) < 4.78 is 2.02. The van der Waals surface area contributed by atoms with Crippen molar-refractivity contribution in [2.24, 2.45) is 4.99 Å². The number of benzene rings is 1. The molecule has 0 aliphatic carbocycles. The second kappa shape index (κ2) is 7.61. The van der Waals surface area contributed by atoms with E-state index in [2.05, 4.69) is 44.5 Å². The Morgan fingerprint density at radius 1 is 1.24 bits per heavy atom. The highest BCUT2D eigenvalue weighted by Crippen LogP contribution is 2.19. The van der Waals surface area contributed by atoms with Crippen LogP contribution in [0.4, 0.5) is 0 Å². The normalized spacial score (nSPS) is 16.2. The fraction of sp³-hybridized carbons (Fsp3) is 0.222. The van der Waals surface area contributed by atoms with Crippen LogP contribution in [-0.4, -0.2) is 33.8 Å². The minimum Gasteiger partial charge on any atom is -0.348 e. The van der Waals surface area contributed by atoms with Gasteiger partial charge in [0.05, 0.1) is 36.0 Å². The third kappa shape index (κ3) is 3.74. The van der Waals surface area contributed by atoms with Crippen LogP contribution in [0.1, 0.15) is 17.3 Å². The lowest BCUT2D eigenvalue weighted by molar-refractivity contribution is 0.471. The van der Waals surface area contributed by atoms with E-state index in [-0.39, 0.29) is 30.0 Å². The molecule has 0 bridgehead atoms. The first-order chi connectivity index (χ1) is 11.7. The first-order valence-electron chi connectivity index (χ1n) is 7.89. The SMILES string of the molecule is CN(Cc1cnc2ccc(Cl)cn12)C1=NCC(c2ccccc2)N1.I. The van der Waals surface area contributed by atoms with Crippen LogP contribution in [0.15, 0.2) is 59.9 Å². The minimum atomic E-state index is 0. The molecule has 0 spiro atoms. The van der Waals surface area contributed by atoms with Crippen LogP contribution in [0.5, 0.6) is 0 Å². The van der Waals surface area contributed by atoms with Gasteiger partial charge in [0.15, 0.2) is 5.96 Å². The number of guanidine groups is 1. The quantitative estimate of drug-likeness (QED) is 0.597. The van der Waals surface area contributed by atoms with Gasteiger partial charge in [-0.1, -0.05) is 41.9 Å². The van der Waals surface area contributed by atoms with Crippen molar-refractivity contribution < 1.29 is 0 Å². The average Bonchev–Trinajstić information content (AvgIpc) is 3.23. The molecule has 130 valence electrons. The number of hydrogen-bond acceptors (Lipinski definition) is 4. The molecule has 1 aliphatic heterocycles. The zero-order valence-electron chi connectivity index (χ0n) is 13.8. The fourth-order valence-electron chi connectivity index (χ4n) is 2.97. The Bertz CT molecular complexity index is 893. The summed E-state index contributed by atoms with van der Waals surface area (Å²) in [5, 5.41) is 4.20. The van der Waals surface area contributed by atoms with Gasteiger partial charge in [0.25, 0.3) is 0 Å². The second-order valence-corrected chi connectivity index (χ2v) is 6.39. The third-order valence-corrected chi connectivity index (χ3v) is 4.46. The number of rotatable bonds is 3. The summed E-state index contributed by atoms with van der Waals surface area (Å²) in [4.78, 5) is 11.2. The molecule has 1 unspecified atom stereocenters. The molecule has 0 saturated heterocycles. The highest BCUT2D eigenvalue weighted by atomic mass is 127. The van der Waals surface area contributed by atoms with Gasteiger partial charge in [0.2, 0.25) is 0 Å². The molecular weight excluding hydrogens is 449 g/mol. The number of imidazole rings is 1. The van der Waals surface area contributed by atoms with Gasteiger partial charge in [0.1, 0.15) is 5.65 Å². The van der Waals surface area contributed by atoms with Gasteiger partial charge >= 0.3 is 0 Å². The van der Waals surface area contributed by atoms with Crippen LogP contribution >= 0.6 is 35.6 Å². The molecule has 25 heavy (non-hydrogen) atoms. The summed E-state index contributed by atoms with van der Waals surface area (Å²) in [6.45, 7) is 1.46. The zero-order valence-corrected chi connectivity index (χ0v) is 16.8. The van der Waals surface area contributed by atoms with E-state index in [1.54, 1.807) is 0 Å². The second-order valence-electron chi connectivity index (χ2n) is 5.95. The number of halogens is 2. The summed E-state index contributed by atoms with van der Waals surface area (Å²) >= 11 is 6.10. The first-order valence-corrected chi connectivity index (χ1v) is 8.27. The summed E-state index contributed by atoms with van der Waals surface area (Å²) in [7, 11) is 2.03. The van der Waals surface area contributed by atoms with Gasteiger partial charge < -0.3 is 14.6 Å². The number of fused-ring (bicyclic) bond motifs is 1. The smallest absolute Gasteiger partial charge is 0.194 e. The molecule has 0 radical (unpaired) electrons. The standard InChI is InChI=1S/C18H18ClN5.HI/c1-23(12-15-9-20-17-8-7-14(19)11-24(15)17)18-21-10-16(22-18)13-5-3-2-4-6-13;/h2-9,11,16H,10,12H2,1H3,(H,21,22);1H. The molecule has 3 aromatic rings. The number of aliphatic imine (C=N–C) groups is 1. The Morgan fingerprint density at radius 2 is 2.04 bits per heavy atom. The van der Waals surface area contributed by atoms with Crippen molar-refractivity contribution in [1.29, 1.82) is 0 Å². The molecule has 1 aliphatic rings. The number of aromatic nitrogens is 2. The van der Waals surface area contributed by atoms with Gasteiger partial charge in [0, 0.05) is 13.2 Å². The number of nitrogens with one attached hydrogen (secondary N) is 1. The first kappa shape index (κ1) is 18.0. The molecule has 1 aromatic carbocycles. The molecule has 2 aromatic heterocycles. The third-order valence-electron chi connectivity index (χ3n) is 4.24. The monoisotopic (exact) mass is 467 g/mol. The van der Waals surface area contributed by atoms with Crippen molar-refractivity contribution in [3.63, 3.8) is 0 Å². The molecular formula is C18H19ClIN5.